The summed E-state index contributed by atoms with van der Waals surface area (Å²) in [6.45, 7) is 0.347. The van der Waals surface area contributed by atoms with Crippen molar-refractivity contribution in [2.24, 2.45) is 5.73 Å². The van der Waals surface area contributed by atoms with Gasteiger partial charge in [0.2, 0.25) is 0 Å². The van der Waals surface area contributed by atoms with Crippen molar-refractivity contribution in [3.05, 3.63) is 35.4 Å². The molecular formula is C10H14N2O2. The third-order valence-electron chi connectivity index (χ3n) is 2.03. The lowest BCUT2D eigenvalue weighted by molar-refractivity contribution is -0.0757. The molecule has 0 unspecified atom stereocenters. The van der Waals surface area contributed by atoms with Gasteiger partial charge < -0.3 is 5.73 Å². The van der Waals surface area contributed by atoms with E-state index in [-0.39, 0.29) is 5.91 Å². The maximum absolute atomic E-state index is 11.7. The minimum atomic E-state index is -0.187. The van der Waals surface area contributed by atoms with Crippen LogP contribution in [0.1, 0.15) is 15.9 Å². The number of amides is 1. The molecule has 0 saturated heterocycles. The lowest BCUT2D eigenvalue weighted by Crippen LogP contribution is -2.26. The van der Waals surface area contributed by atoms with Crippen molar-refractivity contribution in [1.29, 1.82) is 0 Å². The lowest BCUT2D eigenvalue weighted by Gasteiger charge is -2.15. The summed E-state index contributed by atoms with van der Waals surface area (Å²) in [6, 6.07) is 7.22. The van der Waals surface area contributed by atoms with Gasteiger partial charge in [-0.1, -0.05) is 18.2 Å². The summed E-state index contributed by atoms with van der Waals surface area (Å²) in [5.41, 5.74) is 6.92. The molecule has 1 aromatic carbocycles. The second-order valence-electron chi connectivity index (χ2n) is 2.85. The minimum absolute atomic E-state index is 0.187. The fourth-order valence-corrected chi connectivity index (χ4v) is 1.16. The highest BCUT2D eigenvalue weighted by Crippen LogP contribution is 2.10. The van der Waals surface area contributed by atoms with E-state index >= 15 is 0 Å². The van der Waals surface area contributed by atoms with Gasteiger partial charge in [-0.05, 0) is 11.6 Å². The molecule has 76 valence electrons. The van der Waals surface area contributed by atoms with E-state index in [0.717, 1.165) is 5.56 Å². The van der Waals surface area contributed by atoms with E-state index in [1.165, 1.54) is 12.2 Å². The molecule has 0 aliphatic carbocycles. The number of rotatable bonds is 3. The van der Waals surface area contributed by atoms with Crippen LogP contribution in [0.15, 0.2) is 24.3 Å². The molecule has 0 aliphatic heterocycles. The van der Waals surface area contributed by atoms with Crippen LogP contribution in [0.25, 0.3) is 0 Å². The number of nitrogens with two attached hydrogens (primary N) is 1. The van der Waals surface area contributed by atoms with Crippen molar-refractivity contribution in [2.75, 3.05) is 14.2 Å². The second kappa shape index (κ2) is 4.74. The monoisotopic (exact) mass is 194 g/mol. The van der Waals surface area contributed by atoms with Gasteiger partial charge in [-0.15, -0.1) is 0 Å². The Balaban J connectivity index is 3.00. The second-order valence-corrected chi connectivity index (χ2v) is 2.85. The largest absolute Gasteiger partial charge is 0.326 e. The first-order chi connectivity index (χ1) is 6.70. The molecule has 0 atom stereocenters. The van der Waals surface area contributed by atoms with Gasteiger partial charge in [0.25, 0.3) is 5.91 Å². The van der Waals surface area contributed by atoms with Crippen molar-refractivity contribution in [3.8, 4) is 0 Å². The zero-order chi connectivity index (χ0) is 10.6. The number of carbonyl (C=O) groups excluding carboxylic acids is 1. The molecule has 1 aromatic rings. The predicted molar refractivity (Wildman–Crippen MR) is 53.4 cm³/mol. The number of hydrogen-bond acceptors (Lipinski definition) is 3. The van der Waals surface area contributed by atoms with Gasteiger partial charge in [0.05, 0.1) is 7.11 Å². The Morgan fingerprint density at radius 3 is 2.71 bits per heavy atom. The van der Waals surface area contributed by atoms with Gasteiger partial charge >= 0.3 is 0 Å². The molecule has 4 heteroatoms. The summed E-state index contributed by atoms with van der Waals surface area (Å²) in [5.74, 6) is -0.187. The van der Waals surface area contributed by atoms with Crippen LogP contribution >= 0.6 is 0 Å². The SMILES string of the molecule is CON(C)C(=O)c1ccccc1CN. The van der Waals surface area contributed by atoms with Gasteiger partial charge in [0.1, 0.15) is 0 Å². The van der Waals surface area contributed by atoms with E-state index < -0.39 is 0 Å². The number of hydrogen-bond donors (Lipinski definition) is 1. The van der Waals surface area contributed by atoms with Crippen LogP contribution in [0.5, 0.6) is 0 Å². The van der Waals surface area contributed by atoms with Crippen LogP contribution < -0.4 is 5.73 Å². The zero-order valence-corrected chi connectivity index (χ0v) is 8.36. The van der Waals surface area contributed by atoms with E-state index in [0.29, 0.717) is 12.1 Å². The molecule has 0 heterocycles. The normalized spacial score (nSPS) is 9.93. The standard InChI is InChI=1S/C10H14N2O2/c1-12(14-2)10(13)9-6-4-3-5-8(9)7-11/h3-6H,7,11H2,1-2H3. The molecular weight excluding hydrogens is 180 g/mol. The summed E-state index contributed by atoms with van der Waals surface area (Å²) >= 11 is 0. The minimum Gasteiger partial charge on any atom is -0.326 e. The van der Waals surface area contributed by atoms with Gasteiger partial charge in [-0.3, -0.25) is 9.63 Å². The molecule has 0 saturated carbocycles. The molecule has 0 aliphatic rings. The first-order valence-electron chi connectivity index (χ1n) is 4.30. The van der Waals surface area contributed by atoms with Gasteiger partial charge in [-0.25, -0.2) is 5.06 Å². The molecule has 0 radical (unpaired) electrons. The number of nitrogens with zero attached hydrogens (tertiary/aromatic N) is 1. The van der Waals surface area contributed by atoms with Crippen LogP contribution in [-0.2, 0) is 11.4 Å². The topological polar surface area (TPSA) is 55.6 Å². The van der Waals surface area contributed by atoms with E-state index in [1.807, 2.05) is 12.1 Å². The average Bonchev–Trinajstić information content (AvgIpc) is 2.26. The van der Waals surface area contributed by atoms with Gasteiger partial charge in [-0.2, -0.15) is 0 Å². The van der Waals surface area contributed by atoms with Crippen molar-refractivity contribution < 1.29 is 9.63 Å². The summed E-state index contributed by atoms with van der Waals surface area (Å²) in [4.78, 5) is 16.5. The van der Waals surface area contributed by atoms with Crippen LogP contribution in [0.3, 0.4) is 0 Å². The van der Waals surface area contributed by atoms with Crippen molar-refractivity contribution >= 4 is 5.91 Å². The Morgan fingerprint density at radius 1 is 1.50 bits per heavy atom. The molecule has 1 rings (SSSR count). The summed E-state index contributed by atoms with van der Waals surface area (Å²) in [6.07, 6.45) is 0. The first kappa shape index (κ1) is 10.7. The van der Waals surface area contributed by atoms with Crippen LogP contribution in [0.2, 0.25) is 0 Å². The van der Waals surface area contributed by atoms with E-state index in [2.05, 4.69) is 0 Å². The molecule has 0 spiro atoms. The Hall–Kier alpha value is -1.39. The average molecular weight is 194 g/mol. The summed E-state index contributed by atoms with van der Waals surface area (Å²) < 4.78 is 0. The first-order valence-corrected chi connectivity index (χ1v) is 4.30. The fourth-order valence-electron chi connectivity index (χ4n) is 1.16. The summed E-state index contributed by atoms with van der Waals surface area (Å²) in [5, 5.41) is 1.18. The van der Waals surface area contributed by atoms with E-state index in [9.17, 15) is 4.79 Å². The number of benzene rings is 1. The molecule has 0 fully saturated rings. The van der Waals surface area contributed by atoms with Crippen LogP contribution in [0, 0.1) is 0 Å². The van der Waals surface area contributed by atoms with Crippen LogP contribution in [-0.4, -0.2) is 25.1 Å². The lowest BCUT2D eigenvalue weighted by atomic mass is 10.1. The fraction of sp³-hybridized carbons (Fsp3) is 0.300. The van der Waals surface area contributed by atoms with E-state index in [1.54, 1.807) is 19.2 Å². The predicted octanol–water partition coefficient (Wildman–Crippen LogP) is 0.779. The van der Waals surface area contributed by atoms with Crippen LogP contribution in [0.4, 0.5) is 0 Å². The summed E-state index contributed by atoms with van der Waals surface area (Å²) in [7, 11) is 3.01. The quantitative estimate of drug-likeness (QED) is 0.723. The van der Waals surface area contributed by atoms with Gasteiger partial charge in [0.15, 0.2) is 0 Å². The molecule has 0 bridgehead atoms. The third kappa shape index (κ3) is 2.10. The number of carbonyl (C=O) groups is 1. The Bertz CT molecular complexity index is 326. The Labute approximate surface area is 83.2 Å². The smallest absolute Gasteiger partial charge is 0.277 e. The van der Waals surface area contributed by atoms with Crippen molar-refractivity contribution in [2.45, 2.75) is 6.54 Å². The molecule has 4 nitrogen and oxygen atoms in total. The highest BCUT2D eigenvalue weighted by atomic mass is 16.7. The highest BCUT2D eigenvalue weighted by molar-refractivity contribution is 5.94. The Morgan fingerprint density at radius 2 is 2.14 bits per heavy atom. The highest BCUT2D eigenvalue weighted by Gasteiger charge is 2.13. The molecule has 14 heavy (non-hydrogen) atoms. The molecule has 0 aromatic heterocycles. The Kier molecular flexibility index (Phi) is 3.62. The van der Waals surface area contributed by atoms with Crippen molar-refractivity contribution in [3.63, 3.8) is 0 Å². The third-order valence-corrected chi connectivity index (χ3v) is 2.03. The maximum atomic E-state index is 11.7. The van der Waals surface area contributed by atoms with Crippen molar-refractivity contribution in [1.82, 2.24) is 5.06 Å². The van der Waals surface area contributed by atoms with E-state index in [4.69, 9.17) is 10.6 Å². The zero-order valence-electron chi connectivity index (χ0n) is 8.36. The molecule has 2 N–H and O–H groups in total. The maximum Gasteiger partial charge on any atom is 0.277 e. The number of hydroxylamine groups is 2. The van der Waals surface area contributed by atoms with Gasteiger partial charge in [0, 0.05) is 19.2 Å². The molecule has 1 amide bonds.